The molecule has 1 aliphatic heterocycles. The van der Waals surface area contributed by atoms with Gasteiger partial charge in [0, 0.05) is 37.1 Å². The van der Waals surface area contributed by atoms with Crippen LogP contribution in [-0.2, 0) is 0 Å². The number of fused-ring (bicyclic) bond motifs is 2. The number of nitrogens with zero attached hydrogens (tertiary/aromatic N) is 2. The Bertz CT molecular complexity index is 473. The molecule has 0 amide bonds. The van der Waals surface area contributed by atoms with E-state index in [1.54, 1.807) is 12.4 Å². The van der Waals surface area contributed by atoms with Crippen molar-refractivity contribution >= 4 is 0 Å². The first-order valence-electron chi connectivity index (χ1n) is 7.69. The molecule has 1 aromatic heterocycles. The maximum absolute atomic E-state index is 10.4. The van der Waals surface area contributed by atoms with Crippen molar-refractivity contribution in [3.05, 3.63) is 30.1 Å². The highest BCUT2D eigenvalue weighted by molar-refractivity contribution is 5.13. The zero-order chi connectivity index (χ0) is 14.4. The van der Waals surface area contributed by atoms with Gasteiger partial charge in [-0.25, -0.2) is 0 Å². The van der Waals surface area contributed by atoms with Crippen molar-refractivity contribution in [2.24, 2.45) is 10.8 Å². The molecule has 1 N–H and O–H groups in total. The predicted molar refractivity (Wildman–Crippen MR) is 80.3 cm³/mol. The van der Waals surface area contributed by atoms with Crippen molar-refractivity contribution in [1.82, 2.24) is 9.88 Å². The Morgan fingerprint density at radius 1 is 1.40 bits per heavy atom. The highest BCUT2D eigenvalue weighted by atomic mass is 16.3. The summed E-state index contributed by atoms with van der Waals surface area (Å²) in [6, 6.07) is 4.49. The average molecular weight is 274 g/mol. The minimum absolute atomic E-state index is 0.422. The summed E-state index contributed by atoms with van der Waals surface area (Å²) in [6.07, 6.45) is 6.95. The van der Waals surface area contributed by atoms with Crippen LogP contribution in [0.15, 0.2) is 24.5 Å². The fourth-order valence-electron chi connectivity index (χ4n) is 4.69. The van der Waals surface area contributed by atoms with Gasteiger partial charge in [0.05, 0.1) is 6.10 Å². The van der Waals surface area contributed by atoms with E-state index < -0.39 is 6.10 Å². The van der Waals surface area contributed by atoms with Crippen LogP contribution in [0.25, 0.3) is 0 Å². The monoisotopic (exact) mass is 274 g/mol. The number of pyridine rings is 1. The van der Waals surface area contributed by atoms with Crippen molar-refractivity contribution in [2.75, 3.05) is 13.1 Å². The van der Waals surface area contributed by atoms with Crippen LogP contribution in [0.5, 0.6) is 0 Å². The largest absolute Gasteiger partial charge is 0.387 e. The first kappa shape index (κ1) is 14.0. The number of likely N-dealkylation sites (tertiary alicyclic amines) is 1. The van der Waals surface area contributed by atoms with Crippen LogP contribution in [0.1, 0.15) is 51.7 Å². The quantitative estimate of drug-likeness (QED) is 0.920. The fourth-order valence-corrected chi connectivity index (χ4v) is 4.69. The summed E-state index contributed by atoms with van der Waals surface area (Å²) in [7, 11) is 0. The lowest BCUT2D eigenvalue weighted by molar-refractivity contribution is 0.0919. The standard InChI is InChI=1S/C17H26N2O/c1-16(2)7-14-8-17(3,11-16)12-19(14)10-15(20)13-5-4-6-18-9-13/h4-6,9,14-15,20H,7-8,10-12H2,1-3H3. The van der Waals surface area contributed by atoms with Gasteiger partial charge in [-0.3, -0.25) is 9.88 Å². The molecule has 2 aliphatic rings. The third-order valence-corrected chi connectivity index (χ3v) is 5.00. The molecule has 0 aromatic carbocycles. The first-order valence-corrected chi connectivity index (χ1v) is 7.69. The van der Waals surface area contributed by atoms with E-state index in [4.69, 9.17) is 0 Å². The van der Waals surface area contributed by atoms with Crippen LogP contribution in [0.3, 0.4) is 0 Å². The van der Waals surface area contributed by atoms with E-state index in [9.17, 15) is 5.11 Å². The summed E-state index contributed by atoms with van der Waals surface area (Å²) >= 11 is 0. The van der Waals surface area contributed by atoms with E-state index in [1.807, 2.05) is 12.1 Å². The molecular formula is C17H26N2O. The van der Waals surface area contributed by atoms with E-state index in [0.717, 1.165) is 18.7 Å². The van der Waals surface area contributed by atoms with Crippen molar-refractivity contribution in [3.63, 3.8) is 0 Å². The minimum Gasteiger partial charge on any atom is -0.387 e. The molecule has 3 unspecified atom stereocenters. The van der Waals surface area contributed by atoms with E-state index in [0.29, 0.717) is 16.9 Å². The Kier molecular flexibility index (Phi) is 3.38. The van der Waals surface area contributed by atoms with Crippen LogP contribution < -0.4 is 0 Å². The summed E-state index contributed by atoms with van der Waals surface area (Å²) in [5.74, 6) is 0. The molecule has 2 fully saturated rings. The van der Waals surface area contributed by atoms with Gasteiger partial charge in [-0.15, -0.1) is 0 Å². The van der Waals surface area contributed by atoms with E-state index in [-0.39, 0.29) is 0 Å². The predicted octanol–water partition coefficient (Wildman–Crippen LogP) is 3.02. The van der Waals surface area contributed by atoms with Crippen LogP contribution in [0.2, 0.25) is 0 Å². The molecule has 2 bridgehead atoms. The highest BCUT2D eigenvalue weighted by Gasteiger charge is 2.49. The van der Waals surface area contributed by atoms with Gasteiger partial charge >= 0.3 is 0 Å². The van der Waals surface area contributed by atoms with Gasteiger partial charge in [0.25, 0.3) is 0 Å². The second kappa shape index (κ2) is 4.81. The smallest absolute Gasteiger partial charge is 0.0931 e. The summed E-state index contributed by atoms with van der Waals surface area (Å²) in [6.45, 7) is 9.05. The molecular weight excluding hydrogens is 248 g/mol. The van der Waals surface area contributed by atoms with Gasteiger partial charge in [0.15, 0.2) is 0 Å². The van der Waals surface area contributed by atoms with Gasteiger partial charge < -0.3 is 5.11 Å². The number of aliphatic hydroxyl groups is 1. The maximum atomic E-state index is 10.4. The molecule has 1 saturated carbocycles. The fraction of sp³-hybridized carbons (Fsp3) is 0.706. The molecule has 110 valence electrons. The van der Waals surface area contributed by atoms with Crippen LogP contribution >= 0.6 is 0 Å². The van der Waals surface area contributed by atoms with Gasteiger partial charge in [-0.05, 0) is 36.2 Å². The average Bonchev–Trinajstić information content (AvgIpc) is 2.59. The molecule has 1 saturated heterocycles. The van der Waals surface area contributed by atoms with E-state index >= 15 is 0 Å². The van der Waals surface area contributed by atoms with Gasteiger partial charge in [-0.2, -0.15) is 0 Å². The normalized spacial score (nSPS) is 34.1. The Hall–Kier alpha value is -0.930. The third-order valence-electron chi connectivity index (χ3n) is 5.00. The molecule has 0 spiro atoms. The van der Waals surface area contributed by atoms with Crippen LogP contribution in [0, 0.1) is 10.8 Å². The third kappa shape index (κ3) is 2.75. The van der Waals surface area contributed by atoms with E-state index in [2.05, 4.69) is 30.7 Å². The number of rotatable bonds is 3. The van der Waals surface area contributed by atoms with Crippen molar-refractivity contribution in [3.8, 4) is 0 Å². The number of β-amino-alcohol motifs (C(OH)–C–C–N with tert-alkyl or cyclic N) is 1. The summed E-state index contributed by atoms with van der Waals surface area (Å²) < 4.78 is 0. The zero-order valence-electron chi connectivity index (χ0n) is 12.8. The number of hydrogen-bond donors (Lipinski definition) is 1. The maximum Gasteiger partial charge on any atom is 0.0931 e. The zero-order valence-corrected chi connectivity index (χ0v) is 12.8. The molecule has 2 heterocycles. The SMILES string of the molecule is CC1(C)CC2CC(C)(CN2CC(O)c2cccnc2)C1. The molecule has 3 rings (SSSR count). The second-order valence-electron chi connectivity index (χ2n) is 7.95. The van der Waals surface area contributed by atoms with Crippen LogP contribution in [0.4, 0.5) is 0 Å². The first-order chi connectivity index (χ1) is 9.37. The topological polar surface area (TPSA) is 36.4 Å². The lowest BCUT2D eigenvalue weighted by atomic mass is 9.65. The molecule has 1 aromatic rings. The summed E-state index contributed by atoms with van der Waals surface area (Å²) in [5.41, 5.74) is 1.80. The Morgan fingerprint density at radius 2 is 2.20 bits per heavy atom. The minimum atomic E-state index is -0.422. The lowest BCUT2D eigenvalue weighted by Gasteiger charge is -2.40. The van der Waals surface area contributed by atoms with Gasteiger partial charge in [0.2, 0.25) is 0 Å². The number of hydrogen-bond acceptors (Lipinski definition) is 3. The molecule has 3 heteroatoms. The Labute approximate surface area is 122 Å². The lowest BCUT2D eigenvalue weighted by Crippen LogP contribution is -2.36. The Balaban J connectivity index is 1.70. The molecule has 3 atom stereocenters. The summed E-state index contributed by atoms with van der Waals surface area (Å²) in [5, 5.41) is 10.4. The molecule has 20 heavy (non-hydrogen) atoms. The van der Waals surface area contributed by atoms with Crippen LogP contribution in [-0.4, -0.2) is 34.1 Å². The van der Waals surface area contributed by atoms with Gasteiger partial charge in [0.1, 0.15) is 0 Å². The van der Waals surface area contributed by atoms with E-state index in [1.165, 1.54) is 19.3 Å². The number of aromatic nitrogens is 1. The van der Waals surface area contributed by atoms with Crippen molar-refractivity contribution in [1.29, 1.82) is 0 Å². The van der Waals surface area contributed by atoms with Gasteiger partial charge in [-0.1, -0.05) is 26.8 Å². The Morgan fingerprint density at radius 3 is 2.90 bits per heavy atom. The summed E-state index contributed by atoms with van der Waals surface area (Å²) in [4.78, 5) is 6.61. The molecule has 3 nitrogen and oxygen atoms in total. The second-order valence-corrected chi connectivity index (χ2v) is 7.95. The molecule has 1 aliphatic carbocycles. The molecule has 0 radical (unpaired) electrons. The van der Waals surface area contributed by atoms with Crippen molar-refractivity contribution < 1.29 is 5.11 Å². The highest BCUT2D eigenvalue weighted by Crippen LogP contribution is 2.52. The number of aliphatic hydroxyl groups excluding tert-OH is 1. The van der Waals surface area contributed by atoms with Crippen molar-refractivity contribution in [2.45, 2.75) is 52.2 Å².